The first-order valence-corrected chi connectivity index (χ1v) is 24.1. The maximum Gasteiger partial charge on any atom is 0.553 e. The summed E-state index contributed by atoms with van der Waals surface area (Å²) in [7, 11) is 0. The monoisotopic (exact) mass is 894 g/mol. The fourth-order valence-electron chi connectivity index (χ4n) is 11.2. The lowest BCUT2D eigenvalue weighted by Gasteiger charge is -2.38. The van der Waals surface area contributed by atoms with Gasteiger partial charge in [-0.15, -0.1) is 0 Å². The first-order chi connectivity index (χ1) is 31.3. The number of amides is 1. The second-order valence-electron chi connectivity index (χ2n) is 18.3. The molecule has 12 heteroatoms. The van der Waals surface area contributed by atoms with Gasteiger partial charge in [0.25, 0.3) is 0 Å². The third-order valence-corrected chi connectivity index (χ3v) is 14.7. The highest BCUT2D eigenvalue weighted by Crippen LogP contribution is 2.52. The number of nitrogens with one attached hydrogen (secondary N) is 2. The molecule has 1 atom stereocenters. The smallest absolute Gasteiger partial charge is 0.480 e. The van der Waals surface area contributed by atoms with Crippen LogP contribution in [-0.4, -0.2) is 77.3 Å². The largest absolute Gasteiger partial charge is 0.553 e. The summed E-state index contributed by atoms with van der Waals surface area (Å²) >= 11 is 5.30. The van der Waals surface area contributed by atoms with E-state index < -0.39 is 11.9 Å². The maximum atomic E-state index is 13.7. The molecule has 1 unspecified atom stereocenters. The van der Waals surface area contributed by atoms with Gasteiger partial charge in [0.2, 0.25) is 28.7 Å². The minimum Gasteiger partial charge on any atom is -0.480 e. The Hall–Kier alpha value is -5.88. The Balaban J connectivity index is 1.10. The van der Waals surface area contributed by atoms with E-state index >= 15 is 0 Å². The second kappa shape index (κ2) is 17.5. The van der Waals surface area contributed by atoms with E-state index in [4.69, 9.17) is 22.1 Å². The third-order valence-electron chi connectivity index (χ3n) is 14.4. The standard InChI is InChI=1S/C53H60N6O5S/c1-8-11-13-37-31(4)41-26-45-38(14-12-9-2)32(5)42-28-48-40(20-22-52(63)64-10-3)34(7)44-29-47-39(33(6)43-27-46(37)56(41)53(57(42)45,58(43)47)59(44)48)19-21-49(60)54-24-23-35-15-17-36(18-16-35)25-50(65)55-30-51(61)62/h15-18,26-29H,8-14,19-25,30H2,1-7H3,(H-2,54,55,60,61,62,65)/p+2. The molecule has 6 aliphatic rings. The number of rotatable bonds is 20. The third kappa shape index (κ3) is 7.14. The summed E-state index contributed by atoms with van der Waals surface area (Å²) in [5, 5.41) is 17.2. The van der Waals surface area contributed by atoms with Crippen LogP contribution in [0.3, 0.4) is 0 Å². The lowest BCUT2D eigenvalue weighted by molar-refractivity contribution is -0.837. The van der Waals surface area contributed by atoms with Crippen molar-refractivity contribution in [3.05, 3.63) is 119 Å². The van der Waals surface area contributed by atoms with Gasteiger partial charge in [0.05, 0.1) is 39.8 Å². The fourth-order valence-corrected chi connectivity index (χ4v) is 11.4. The van der Waals surface area contributed by atoms with Crippen LogP contribution in [0.4, 0.5) is 0 Å². The van der Waals surface area contributed by atoms with Gasteiger partial charge >= 0.3 is 17.8 Å². The Morgan fingerprint density at radius 3 is 1.98 bits per heavy atom. The molecule has 1 aromatic carbocycles. The van der Waals surface area contributed by atoms with Gasteiger partial charge in [-0.2, -0.15) is 9.13 Å². The van der Waals surface area contributed by atoms with Crippen molar-refractivity contribution in [2.75, 3.05) is 19.7 Å². The maximum absolute atomic E-state index is 13.7. The number of carbonyl (C=O) groups is 3. The van der Waals surface area contributed by atoms with E-state index in [1.54, 1.807) is 0 Å². The Labute approximate surface area is 387 Å². The number of benzene rings is 1. The van der Waals surface area contributed by atoms with E-state index in [2.05, 4.69) is 94.8 Å². The molecule has 3 N–H and O–H groups in total. The van der Waals surface area contributed by atoms with Crippen LogP contribution < -0.4 is 21.3 Å². The number of aliphatic carboxylic acids is 1. The molecule has 9 rings (SSSR count). The SMILES string of the molecule is CCCCC1=C(C)C2=[N+]3C1=Cc1c(C)c(CCC(=O)NCCc4ccc(CC(=S)NCC(=O)O)cc4)c4n1C31n3c(c(C)c(CCC(=O)OCC)c3=CC3=[N+]1C(=C2)C(CCCC)=C3C)=C4. The molecule has 11 nitrogen and oxygen atoms in total. The number of ether oxygens (including phenoxy) is 1. The number of hydrogen-bond acceptors (Lipinski definition) is 5. The van der Waals surface area contributed by atoms with Crippen LogP contribution in [0.25, 0.3) is 18.2 Å². The molecule has 6 aliphatic heterocycles. The van der Waals surface area contributed by atoms with Gasteiger partial charge in [-0.3, -0.25) is 14.4 Å². The lowest BCUT2D eigenvalue weighted by atomic mass is 9.96. The van der Waals surface area contributed by atoms with Gasteiger partial charge in [-0.1, -0.05) is 72.3 Å². The van der Waals surface area contributed by atoms with Crippen LogP contribution in [0.1, 0.15) is 131 Å². The number of esters is 1. The number of carbonyl (C=O) groups excluding carboxylic acids is 2. The van der Waals surface area contributed by atoms with E-state index in [0.29, 0.717) is 56.7 Å². The van der Waals surface area contributed by atoms with Gasteiger partial charge in [0.15, 0.2) is 0 Å². The topological polar surface area (TPSA) is 121 Å². The van der Waals surface area contributed by atoms with E-state index in [1.807, 2.05) is 31.2 Å². The highest BCUT2D eigenvalue weighted by Gasteiger charge is 2.73. The van der Waals surface area contributed by atoms with Crippen LogP contribution >= 0.6 is 12.2 Å². The van der Waals surface area contributed by atoms with Crippen molar-refractivity contribution in [2.45, 2.75) is 131 Å². The zero-order valence-electron chi connectivity index (χ0n) is 39.0. The molecule has 0 saturated heterocycles. The van der Waals surface area contributed by atoms with E-state index in [1.165, 1.54) is 73.1 Å². The predicted octanol–water partition coefficient (Wildman–Crippen LogP) is 6.49. The number of thiocarbonyl (C=S) groups is 1. The quantitative estimate of drug-likeness (QED) is 0.0675. The van der Waals surface area contributed by atoms with E-state index in [9.17, 15) is 14.4 Å². The summed E-state index contributed by atoms with van der Waals surface area (Å²) in [5.74, 6) is -1.93. The molecule has 0 saturated carbocycles. The van der Waals surface area contributed by atoms with Gasteiger partial charge in [0.1, 0.15) is 6.54 Å². The Morgan fingerprint density at radius 1 is 0.708 bits per heavy atom. The van der Waals surface area contributed by atoms with Gasteiger partial charge < -0.3 is 20.5 Å². The normalized spacial score (nSPS) is 18.0. The first-order valence-electron chi connectivity index (χ1n) is 23.7. The van der Waals surface area contributed by atoms with Crippen molar-refractivity contribution in [2.24, 2.45) is 0 Å². The molecular formula is C53H62N6O5S+2. The van der Waals surface area contributed by atoms with Crippen LogP contribution in [0.5, 0.6) is 0 Å². The molecule has 3 aromatic rings. The highest BCUT2D eigenvalue weighted by molar-refractivity contribution is 7.80. The van der Waals surface area contributed by atoms with Gasteiger partial charge in [-0.05, 0) is 119 Å². The van der Waals surface area contributed by atoms with Gasteiger partial charge in [0, 0.05) is 60.3 Å². The predicted molar refractivity (Wildman–Crippen MR) is 258 cm³/mol. The molecule has 2 aromatic heterocycles. The summed E-state index contributed by atoms with van der Waals surface area (Å²) in [6, 6.07) is 8.08. The molecule has 338 valence electrons. The van der Waals surface area contributed by atoms with E-state index in [-0.39, 0.29) is 18.4 Å². The Bertz CT molecular complexity index is 2930. The molecule has 0 aliphatic carbocycles. The molecule has 0 bridgehead atoms. The van der Waals surface area contributed by atoms with Crippen molar-refractivity contribution in [3.63, 3.8) is 0 Å². The number of carboxylic acid groups (broad SMARTS) is 1. The molecule has 0 fully saturated rings. The number of allylic oxidation sites excluding steroid dienone is 5. The Morgan fingerprint density at radius 2 is 1.34 bits per heavy atom. The van der Waals surface area contributed by atoms with Crippen LogP contribution in [0.15, 0.2) is 64.0 Å². The molecule has 1 amide bonds. The van der Waals surface area contributed by atoms with Crippen molar-refractivity contribution >= 4 is 64.7 Å². The molecular weight excluding hydrogens is 833 g/mol. The first kappa shape index (κ1) is 44.3. The van der Waals surface area contributed by atoms with E-state index in [0.717, 1.165) is 66.0 Å². The number of carboxylic acids is 1. The zero-order chi connectivity index (χ0) is 45.9. The molecule has 8 heterocycles. The fraction of sp³-hybridized carbons (Fsp3) is 0.434. The van der Waals surface area contributed by atoms with Crippen LogP contribution in [-0.2, 0) is 50.7 Å². The Kier molecular flexibility index (Phi) is 11.9. The summed E-state index contributed by atoms with van der Waals surface area (Å²) in [6.45, 7) is 16.2. The minimum atomic E-state index is -0.946. The van der Waals surface area contributed by atoms with Crippen LogP contribution in [0.2, 0.25) is 0 Å². The number of unbranched alkanes of at least 4 members (excludes halogenated alkanes) is 2. The molecule has 0 radical (unpaired) electrons. The zero-order valence-corrected chi connectivity index (χ0v) is 39.8. The minimum absolute atomic E-state index is 0.0185. The second-order valence-corrected chi connectivity index (χ2v) is 18.8. The average molecular weight is 895 g/mol. The number of nitrogens with zero attached hydrogens (tertiary/aromatic N) is 4. The van der Waals surface area contributed by atoms with Gasteiger partial charge in [-0.25, -0.2) is 0 Å². The average Bonchev–Trinajstić information content (AvgIpc) is 3.92. The molecule has 1 spiro atoms. The van der Waals surface area contributed by atoms with Crippen molar-refractivity contribution < 1.29 is 33.4 Å². The van der Waals surface area contributed by atoms with Crippen molar-refractivity contribution in [1.82, 2.24) is 19.8 Å². The summed E-state index contributed by atoms with van der Waals surface area (Å²) < 4.78 is 15.9. The molecule has 65 heavy (non-hydrogen) atoms. The summed E-state index contributed by atoms with van der Waals surface area (Å²) in [5.41, 5.74) is 19.7. The highest BCUT2D eigenvalue weighted by atomic mass is 32.1. The summed E-state index contributed by atoms with van der Waals surface area (Å²) in [6.07, 6.45) is 19.1. The number of hydrogen-bond donors (Lipinski definition) is 3. The summed E-state index contributed by atoms with van der Waals surface area (Å²) in [4.78, 5) is 38.1. The van der Waals surface area contributed by atoms with Crippen molar-refractivity contribution in [3.8, 4) is 0 Å². The van der Waals surface area contributed by atoms with Crippen molar-refractivity contribution in [1.29, 1.82) is 0 Å². The van der Waals surface area contributed by atoms with Crippen LogP contribution in [0, 0.1) is 13.8 Å². The lowest BCUT2D eigenvalue weighted by Crippen LogP contribution is -2.70. The number of aromatic nitrogens is 2.